The van der Waals surface area contributed by atoms with E-state index < -0.39 is 0 Å². The molecule has 1 atom stereocenters. The topological polar surface area (TPSA) is 23.5 Å². The molecule has 80 valence electrons. The second kappa shape index (κ2) is 6.82. The molecule has 0 aromatic heterocycles. The largest absolute Gasteiger partial charge is 0.396 e. The van der Waals surface area contributed by atoms with Crippen molar-refractivity contribution in [2.75, 3.05) is 20.7 Å². The molecule has 1 aromatic carbocycles. The lowest BCUT2D eigenvalue weighted by Crippen LogP contribution is -2.20. The van der Waals surface area contributed by atoms with Gasteiger partial charge >= 0.3 is 0 Å². The lowest BCUT2D eigenvalue weighted by Gasteiger charge is -2.23. The maximum absolute atomic E-state index is 8.92. The highest BCUT2D eigenvalue weighted by molar-refractivity contribution is 5.85. The number of hydrogen-bond donors (Lipinski definition) is 1. The molecule has 1 aromatic rings. The first kappa shape index (κ1) is 13.4. The number of benzene rings is 1. The van der Waals surface area contributed by atoms with Crippen LogP contribution in [-0.4, -0.2) is 30.7 Å². The lowest BCUT2D eigenvalue weighted by molar-refractivity contribution is 0.211. The molecule has 2 nitrogen and oxygen atoms in total. The summed E-state index contributed by atoms with van der Waals surface area (Å²) in [4.78, 5) is 2.13. The molecule has 14 heavy (non-hydrogen) atoms. The summed E-state index contributed by atoms with van der Waals surface area (Å²) in [5, 5.41) is 8.92. The van der Waals surface area contributed by atoms with Gasteiger partial charge in [-0.1, -0.05) is 30.3 Å². The van der Waals surface area contributed by atoms with Gasteiger partial charge < -0.3 is 10.0 Å². The van der Waals surface area contributed by atoms with E-state index in [-0.39, 0.29) is 19.0 Å². The molecule has 3 heteroatoms. The van der Waals surface area contributed by atoms with Gasteiger partial charge in [-0.05, 0) is 26.1 Å². The second-order valence-electron chi connectivity index (χ2n) is 3.40. The highest BCUT2D eigenvalue weighted by atomic mass is 35.5. The van der Waals surface area contributed by atoms with E-state index in [4.69, 9.17) is 5.11 Å². The highest BCUT2D eigenvalue weighted by Gasteiger charge is 2.11. The fourth-order valence-electron chi connectivity index (χ4n) is 1.52. The molecule has 1 N–H and O–H groups in total. The van der Waals surface area contributed by atoms with Crippen molar-refractivity contribution in [3.63, 3.8) is 0 Å². The summed E-state index contributed by atoms with van der Waals surface area (Å²) in [5.74, 6) is 0. The SMILES string of the molecule is CN(C)C(CCO)c1ccccc1.Cl. The van der Waals surface area contributed by atoms with Gasteiger partial charge in [0.1, 0.15) is 0 Å². The van der Waals surface area contributed by atoms with Gasteiger partial charge in [0.05, 0.1) is 0 Å². The molecule has 1 rings (SSSR count). The Morgan fingerprint density at radius 1 is 1.21 bits per heavy atom. The van der Waals surface area contributed by atoms with Gasteiger partial charge in [-0.15, -0.1) is 12.4 Å². The lowest BCUT2D eigenvalue weighted by atomic mass is 10.0. The van der Waals surface area contributed by atoms with Crippen LogP contribution in [0, 0.1) is 0 Å². The van der Waals surface area contributed by atoms with Crippen molar-refractivity contribution in [2.45, 2.75) is 12.5 Å². The van der Waals surface area contributed by atoms with E-state index in [9.17, 15) is 0 Å². The first-order chi connectivity index (χ1) is 6.25. The van der Waals surface area contributed by atoms with Crippen LogP contribution in [0.3, 0.4) is 0 Å². The van der Waals surface area contributed by atoms with Gasteiger partial charge in [0, 0.05) is 12.6 Å². The van der Waals surface area contributed by atoms with Crippen LogP contribution < -0.4 is 0 Å². The molecule has 0 heterocycles. The monoisotopic (exact) mass is 215 g/mol. The van der Waals surface area contributed by atoms with E-state index in [0.29, 0.717) is 6.04 Å². The van der Waals surface area contributed by atoms with E-state index in [0.717, 1.165) is 6.42 Å². The van der Waals surface area contributed by atoms with Gasteiger partial charge in [0.2, 0.25) is 0 Å². The molecule has 0 radical (unpaired) electrons. The third-order valence-electron chi connectivity index (χ3n) is 2.21. The third kappa shape index (κ3) is 3.66. The third-order valence-corrected chi connectivity index (χ3v) is 2.21. The van der Waals surface area contributed by atoms with E-state index in [1.807, 2.05) is 32.3 Å². The zero-order valence-electron chi connectivity index (χ0n) is 8.68. The van der Waals surface area contributed by atoms with Crippen LogP contribution in [0.4, 0.5) is 0 Å². The summed E-state index contributed by atoms with van der Waals surface area (Å²) in [6, 6.07) is 10.6. The minimum absolute atomic E-state index is 0. The molecular formula is C11H18ClNO. The van der Waals surface area contributed by atoms with Crippen LogP contribution >= 0.6 is 12.4 Å². The first-order valence-corrected chi connectivity index (χ1v) is 4.58. The molecule has 0 aliphatic rings. The van der Waals surface area contributed by atoms with E-state index in [1.54, 1.807) is 0 Å². The highest BCUT2D eigenvalue weighted by Crippen LogP contribution is 2.20. The van der Waals surface area contributed by atoms with Gasteiger partial charge in [0.15, 0.2) is 0 Å². The van der Waals surface area contributed by atoms with Crippen molar-refractivity contribution in [1.29, 1.82) is 0 Å². The minimum Gasteiger partial charge on any atom is -0.396 e. The van der Waals surface area contributed by atoms with Crippen LogP contribution in [0.15, 0.2) is 30.3 Å². The Labute approximate surface area is 92.0 Å². The predicted octanol–water partition coefficient (Wildman–Crippen LogP) is 2.09. The van der Waals surface area contributed by atoms with E-state index in [1.165, 1.54) is 5.56 Å². The fraction of sp³-hybridized carbons (Fsp3) is 0.455. The molecule has 0 aliphatic heterocycles. The van der Waals surface area contributed by atoms with Gasteiger partial charge in [-0.25, -0.2) is 0 Å². The fourth-order valence-corrected chi connectivity index (χ4v) is 1.52. The van der Waals surface area contributed by atoms with Crippen LogP contribution in [0.25, 0.3) is 0 Å². The second-order valence-corrected chi connectivity index (χ2v) is 3.40. The van der Waals surface area contributed by atoms with Crippen molar-refractivity contribution in [3.8, 4) is 0 Å². The molecular weight excluding hydrogens is 198 g/mol. The van der Waals surface area contributed by atoms with Crippen LogP contribution in [-0.2, 0) is 0 Å². The zero-order chi connectivity index (χ0) is 9.68. The molecule has 0 fully saturated rings. The molecule has 0 aliphatic carbocycles. The Morgan fingerprint density at radius 3 is 2.21 bits per heavy atom. The number of hydrogen-bond acceptors (Lipinski definition) is 2. The molecule has 0 bridgehead atoms. The number of aliphatic hydroxyl groups excluding tert-OH is 1. The Kier molecular flexibility index (Phi) is 6.54. The average Bonchev–Trinajstić information content (AvgIpc) is 2.15. The van der Waals surface area contributed by atoms with Crippen molar-refractivity contribution >= 4 is 12.4 Å². The molecule has 0 spiro atoms. The Bertz CT molecular complexity index is 238. The molecule has 0 saturated heterocycles. The minimum atomic E-state index is 0. The predicted molar refractivity (Wildman–Crippen MR) is 61.8 cm³/mol. The average molecular weight is 216 g/mol. The number of aliphatic hydroxyl groups is 1. The molecule has 0 saturated carbocycles. The van der Waals surface area contributed by atoms with E-state index >= 15 is 0 Å². The van der Waals surface area contributed by atoms with Crippen molar-refractivity contribution in [2.24, 2.45) is 0 Å². The smallest absolute Gasteiger partial charge is 0.0449 e. The quantitative estimate of drug-likeness (QED) is 0.832. The first-order valence-electron chi connectivity index (χ1n) is 4.58. The number of nitrogens with zero attached hydrogens (tertiary/aromatic N) is 1. The van der Waals surface area contributed by atoms with E-state index in [2.05, 4.69) is 17.0 Å². The number of halogens is 1. The van der Waals surface area contributed by atoms with Crippen LogP contribution in [0.2, 0.25) is 0 Å². The summed E-state index contributed by atoms with van der Waals surface area (Å²) >= 11 is 0. The van der Waals surface area contributed by atoms with Crippen molar-refractivity contribution in [1.82, 2.24) is 4.90 Å². The number of rotatable bonds is 4. The summed E-state index contributed by atoms with van der Waals surface area (Å²) < 4.78 is 0. The molecule has 1 unspecified atom stereocenters. The maximum atomic E-state index is 8.92. The Morgan fingerprint density at radius 2 is 1.79 bits per heavy atom. The summed E-state index contributed by atoms with van der Waals surface area (Å²) in [6.07, 6.45) is 0.789. The van der Waals surface area contributed by atoms with Crippen molar-refractivity contribution < 1.29 is 5.11 Å². The summed E-state index contributed by atoms with van der Waals surface area (Å²) in [5.41, 5.74) is 1.27. The Balaban J connectivity index is 0.00000169. The maximum Gasteiger partial charge on any atom is 0.0449 e. The Hall–Kier alpha value is -0.570. The van der Waals surface area contributed by atoms with Crippen molar-refractivity contribution in [3.05, 3.63) is 35.9 Å². The summed E-state index contributed by atoms with van der Waals surface area (Å²) in [7, 11) is 4.07. The zero-order valence-corrected chi connectivity index (χ0v) is 9.50. The standard InChI is InChI=1S/C11H17NO.ClH/c1-12(2)11(8-9-13)10-6-4-3-5-7-10;/h3-7,11,13H,8-9H2,1-2H3;1H. The van der Waals surface area contributed by atoms with Gasteiger partial charge in [0.25, 0.3) is 0 Å². The molecule has 0 amide bonds. The van der Waals surface area contributed by atoms with Gasteiger partial charge in [-0.2, -0.15) is 0 Å². The van der Waals surface area contributed by atoms with Gasteiger partial charge in [-0.3, -0.25) is 0 Å². The summed E-state index contributed by atoms with van der Waals surface area (Å²) in [6.45, 7) is 0.234. The van der Waals surface area contributed by atoms with Crippen LogP contribution in [0.5, 0.6) is 0 Å². The van der Waals surface area contributed by atoms with Crippen LogP contribution in [0.1, 0.15) is 18.0 Å². The normalized spacial score (nSPS) is 12.3.